The number of hydrogen-bond acceptors (Lipinski definition) is 5. The lowest BCUT2D eigenvalue weighted by atomic mass is 10.1. The minimum absolute atomic E-state index is 0.0984. The third-order valence-corrected chi connectivity index (χ3v) is 2.60. The summed E-state index contributed by atoms with van der Waals surface area (Å²) >= 11 is 0. The van der Waals surface area contributed by atoms with Crippen LogP contribution in [0.25, 0.3) is 0 Å². The number of nitrogens with one attached hydrogen (secondary N) is 1. The lowest BCUT2D eigenvalue weighted by Gasteiger charge is -2.09. The second-order valence-corrected chi connectivity index (χ2v) is 4.07. The number of rotatable bonds is 4. The van der Waals surface area contributed by atoms with E-state index >= 15 is 0 Å². The van der Waals surface area contributed by atoms with Gasteiger partial charge in [-0.25, -0.2) is 4.98 Å². The van der Waals surface area contributed by atoms with Gasteiger partial charge in [0, 0.05) is 24.5 Å². The van der Waals surface area contributed by atoms with E-state index in [1.807, 2.05) is 26.0 Å². The van der Waals surface area contributed by atoms with Crippen molar-refractivity contribution in [2.45, 2.75) is 13.8 Å². The Morgan fingerprint density at radius 3 is 2.79 bits per heavy atom. The number of benzene rings is 1. The molecule has 0 saturated heterocycles. The quantitative estimate of drug-likeness (QED) is 0.814. The molecule has 0 spiro atoms. The summed E-state index contributed by atoms with van der Waals surface area (Å²) in [6.45, 7) is 4.76. The van der Waals surface area contributed by atoms with Crippen molar-refractivity contribution in [2.75, 3.05) is 11.9 Å². The predicted octanol–water partition coefficient (Wildman–Crippen LogP) is 3.94. The van der Waals surface area contributed by atoms with Crippen LogP contribution in [0.4, 0.5) is 17.2 Å². The van der Waals surface area contributed by atoms with E-state index in [1.165, 1.54) is 0 Å². The maximum absolute atomic E-state index is 9.91. The number of nitrogens with zero attached hydrogens (tertiary/aromatic N) is 3. The number of pyridine rings is 1. The number of hydrogen-bond donors (Lipinski definition) is 2. The zero-order valence-electron chi connectivity index (χ0n) is 11.0. The number of phenolic OH excluding ortho intramolecular Hbond substituents is 1. The van der Waals surface area contributed by atoms with Crippen LogP contribution in [-0.2, 0) is 0 Å². The first-order chi connectivity index (χ1) is 9.20. The molecule has 2 rings (SSSR count). The van der Waals surface area contributed by atoms with Crippen molar-refractivity contribution >= 4 is 17.2 Å². The Kier molecular flexibility index (Phi) is 4.07. The molecule has 5 nitrogen and oxygen atoms in total. The number of anilines is 1. The smallest absolute Gasteiger partial charge is 0.174 e. The van der Waals surface area contributed by atoms with Crippen LogP contribution in [0.5, 0.6) is 5.75 Å². The molecule has 0 aliphatic heterocycles. The Labute approximate surface area is 112 Å². The van der Waals surface area contributed by atoms with Crippen molar-refractivity contribution in [3.05, 3.63) is 42.1 Å². The van der Waals surface area contributed by atoms with E-state index in [-0.39, 0.29) is 5.75 Å². The van der Waals surface area contributed by atoms with Gasteiger partial charge in [0.1, 0.15) is 11.4 Å². The highest BCUT2D eigenvalue weighted by molar-refractivity contribution is 5.64. The Balaban J connectivity index is 2.26. The van der Waals surface area contributed by atoms with Gasteiger partial charge in [0.15, 0.2) is 5.82 Å². The molecule has 0 aliphatic rings. The predicted molar refractivity (Wildman–Crippen MR) is 75.4 cm³/mol. The molecule has 98 valence electrons. The maximum atomic E-state index is 9.91. The number of aryl methyl sites for hydroxylation is 1. The first-order valence-corrected chi connectivity index (χ1v) is 6.11. The molecule has 0 atom stereocenters. The summed E-state index contributed by atoms with van der Waals surface area (Å²) < 4.78 is 0. The second-order valence-electron chi connectivity index (χ2n) is 4.07. The van der Waals surface area contributed by atoms with Gasteiger partial charge < -0.3 is 10.4 Å². The van der Waals surface area contributed by atoms with Crippen molar-refractivity contribution in [1.29, 1.82) is 0 Å². The van der Waals surface area contributed by atoms with Crippen molar-refractivity contribution in [3.63, 3.8) is 0 Å². The average Bonchev–Trinajstić information content (AvgIpc) is 2.42. The Morgan fingerprint density at radius 1 is 1.26 bits per heavy atom. The minimum Gasteiger partial charge on any atom is -0.506 e. The van der Waals surface area contributed by atoms with Gasteiger partial charge in [-0.3, -0.25) is 0 Å². The van der Waals surface area contributed by atoms with Crippen molar-refractivity contribution in [1.82, 2.24) is 4.98 Å². The number of aromatic nitrogens is 1. The van der Waals surface area contributed by atoms with Gasteiger partial charge in [0.25, 0.3) is 0 Å². The second kappa shape index (κ2) is 5.95. The van der Waals surface area contributed by atoms with E-state index in [1.54, 1.807) is 24.4 Å². The zero-order valence-corrected chi connectivity index (χ0v) is 11.0. The monoisotopic (exact) mass is 256 g/mol. The minimum atomic E-state index is 0.0984. The van der Waals surface area contributed by atoms with Gasteiger partial charge in [-0.05, 0) is 37.6 Å². The average molecular weight is 256 g/mol. The van der Waals surface area contributed by atoms with Gasteiger partial charge in [-0.15, -0.1) is 10.2 Å². The van der Waals surface area contributed by atoms with Crippen LogP contribution in [0, 0.1) is 6.92 Å². The summed E-state index contributed by atoms with van der Waals surface area (Å²) in [5, 5.41) is 21.1. The molecular formula is C14H16N4O. The first kappa shape index (κ1) is 13.0. The lowest BCUT2D eigenvalue weighted by molar-refractivity contribution is 0.476. The van der Waals surface area contributed by atoms with Crippen LogP contribution in [0.3, 0.4) is 0 Å². The maximum Gasteiger partial charge on any atom is 0.174 e. The number of aromatic hydroxyl groups is 1. The van der Waals surface area contributed by atoms with Crippen LogP contribution < -0.4 is 5.32 Å². The largest absolute Gasteiger partial charge is 0.506 e. The molecule has 0 saturated carbocycles. The van der Waals surface area contributed by atoms with Crippen molar-refractivity contribution < 1.29 is 5.11 Å². The van der Waals surface area contributed by atoms with E-state index in [2.05, 4.69) is 20.5 Å². The molecule has 1 aromatic heterocycles. The summed E-state index contributed by atoms with van der Waals surface area (Å²) in [5.74, 6) is 0.608. The number of azo groups is 1. The van der Waals surface area contributed by atoms with Crippen LogP contribution >= 0.6 is 0 Å². The highest BCUT2D eigenvalue weighted by atomic mass is 16.3. The Morgan fingerprint density at radius 2 is 2.11 bits per heavy atom. The summed E-state index contributed by atoms with van der Waals surface area (Å²) in [7, 11) is 0. The van der Waals surface area contributed by atoms with E-state index in [4.69, 9.17) is 0 Å². The van der Waals surface area contributed by atoms with Gasteiger partial charge in [0.05, 0.1) is 0 Å². The zero-order chi connectivity index (χ0) is 13.7. The molecule has 5 heteroatoms. The molecule has 19 heavy (non-hydrogen) atoms. The fourth-order valence-corrected chi connectivity index (χ4v) is 1.66. The molecule has 0 unspecified atom stereocenters. The van der Waals surface area contributed by atoms with E-state index in [0.717, 1.165) is 17.8 Å². The lowest BCUT2D eigenvalue weighted by Crippen LogP contribution is -1.98. The molecule has 0 bridgehead atoms. The fourth-order valence-electron chi connectivity index (χ4n) is 1.66. The molecule has 0 amide bonds. The normalized spacial score (nSPS) is 10.8. The van der Waals surface area contributed by atoms with Crippen LogP contribution in [0.1, 0.15) is 12.5 Å². The van der Waals surface area contributed by atoms with Crippen LogP contribution in [-0.4, -0.2) is 16.6 Å². The summed E-state index contributed by atoms with van der Waals surface area (Å²) in [6, 6.07) is 8.85. The Bertz CT molecular complexity index is 581. The fraction of sp³-hybridized carbons (Fsp3) is 0.214. The third-order valence-electron chi connectivity index (χ3n) is 2.60. The molecule has 1 heterocycles. The highest BCUT2D eigenvalue weighted by Crippen LogP contribution is 2.33. The van der Waals surface area contributed by atoms with Gasteiger partial charge in [-0.2, -0.15) is 0 Å². The SMILES string of the molecule is CCNc1cc(O)c(N=Nc2ccccn2)cc1C. The highest BCUT2D eigenvalue weighted by Gasteiger charge is 2.05. The summed E-state index contributed by atoms with van der Waals surface area (Å²) in [4.78, 5) is 4.04. The van der Waals surface area contributed by atoms with Crippen molar-refractivity contribution in [3.8, 4) is 5.75 Å². The molecule has 0 aliphatic carbocycles. The molecule has 0 fully saturated rings. The first-order valence-electron chi connectivity index (χ1n) is 6.11. The topological polar surface area (TPSA) is 69.9 Å². The standard InChI is InChI=1S/C14H16N4O/c1-3-15-11-9-13(19)12(8-10(11)2)17-18-14-6-4-5-7-16-14/h4-9,15,19H,3H2,1-2H3. The van der Waals surface area contributed by atoms with E-state index in [0.29, 0.717) is 11.5 Å². The van der Waals surface area contributed by atoms with E-state index in [9.17, 15) is 5.11 Å². The van der Waals surface area contributed by atoms with Crippen LogP contribution in [0.15, 0.2) is 46.8 Å². The van der Waals surface area contributed by atoms with Gasteiger partial charge in [-0.1, -0.05) is 6.07 Å². The third kappa shape index (κ3) is 3.28. The Hall–Kier alpha value is -2.43. The molecule has 2 aromatic rings. The van der Waals surface area contributed by atoms with Crippen molar-refractivity contribution in [2.24, 2.45) is 10.2 Å². The molecule has 2 N–H and O–H groups in total. The molecule has 1 aromatic carbocycles. The van der Waals surface area contributed by atoms with Crippen LogP contribution in [0.2, 0.25) is 0 Å². The van der Waals surface area contributed by atoms with E-state index < -0.39 is 0 Å². The van der Waals surface area contributed by atoms with Gasteiger partial charge in [0.2, 0.25) is 0 Å². The molecule has 0 radical (unpaired) electrons. The number of phenols is 1. The summed E-state index contributed by atoms with van der Waals surface area (Å²) in [6.07, 6.45) is 1.65. The summed E-state index contributed by atoms with van der Waals surface area (Å²) in [5.41, 5.74) is 2.34. The van der Waals surface area contributed by atoms with Gasteiger partial charge >= 0.3 is 0 Å². The molecular weight excluding hydrogens is 240 g/mol.